The number of ether oxygens (including phenoxy) is 1. The van der Waals surface area contributed by atoms with Crippen molar-refractivity contribution in [3.05, 3.63) is 101 Å². The fourth-order valence-electron chi connectivity index (χ4n) is 3.40. The second-order valence-electron chi connectivity index (χ2n) is 7.43. The van der Waals surface area contributed by atoms with Gasteiger partial charge in [0.25, 0.3) is 5.91 Å². The molecule has 1 N–H and O–H groups in total. The molecule has 0 saturated heterocycles. The molecule has 0 radical (unpaired) electrons. The molecule has 32 heavy (non-hydrogen) atoms. The molecular formula is C26H22N2O4. The third-order valence-corrected chi connectivity index (χ3v) is 5.03. The fourth-order valence-corrected chi connectivity index (χ4v) is 3.40. The topological polar surface area (TPSA) is 80.9 Å². The van der Waals surface area contributed by atoms with Gasteiger partial charge in [0, 0.05) is 11.1 Å². The molecule has 4 rings (SSSR count). The van der Waals surface area contributed by atoms with Crippen LogP contribution in [0.5, 0.6) is 0 Å². The number of amides is 1. The van der Waals surface area contributed by atoms with Crippen molar-refractivity contribution in [2.45, 2.75) is 13.8 Å². The highest BCUT2D eigenvalue weighted by Crippen LogP contribution is 2.20. The van der Waals surface area contributed by atoms with Crippen molar-refractivity contribution >= 4 is 34.2 Å². The number of rotatable bonds is 4. The number of benzene rings is 3. The first-order chi connectivity index (χ1) is 15.4. The number of esters is 1. The van der Waals surface area contributed by atoms with Crippen LogP contribution in [0.4, 0.5) is 11.4 Å². The Bertz CT molecular complexity index is 1400. The molecule has 0 atom stereocenters. The molecule has 3 aromatic carbocycles. The molecule has 1 heterocycles. The van der Waals surface area contributed by atoms with E-state index in [1.54, 1.807) is 30.3 Å². The molecule has 0 aliphatic rings. The van der Waals surface area contributed by atoms with Crippen LogP contribution in [0.3, 0.4) is 0 Å². The van der Waals surface area contributed by atoms with E-state index >= 15 is 0 Å². The SMILES string of the molecule is COC(=O)c1cccc(N=c2oc3ccccc3cc2C(=O)Nc2ccc(C)cc2C)c1. The van der Waals surface area contributed by atoms with Crippen LogP contribution >= 0.6 is 0 Å². The molecule has 1 aromatic heterocycles. The summed E-state index contributed by atoms with van der Waals surface area (Å²) in [6, 6.07) is 21.6. The maximum atomic E-state index is 13.2. The highest BCUT2D eigenvalue weighted by atomic mass is 16.5. The highest BCUT2D eigenvalue weighted by Gasteiger charge is 2.14. The third kappa shape index (κ3) is 4.44. The van der Waals surface area contributed by atoms with Crippen LogP contribution in [0.25, 0.3) is 11.0 Å². The Morgan fingerprint density at radius 2 is 1.75 bits per heavy atom. The van der Waals surface area contributed by atoms with Gasteiger partial charge in [-0.2, -0.15) is 0 Å². The van der Waals surface area contributed by atoms with Gasteiger partial charge in [-0.15, -0.1) is 0 Å². The van der Waals surface area contributed by atoms with Gasteiger partial charge in [-0.3, -0.25) is 4.79 Å². The van der Waals surface area contributed by atoms with Gasteiger partial charge in [0.2, 0.25) is 5.55 Å². The molecule has 4 aromatic rings. The van der Waals surface area contributed by atoms with E-state index in [9.17, 15) is 9.59 Å². The van der Waals surface area contributed by atoms with Gasteiger partial charge in [0.05, 0.1) is 18.4 Å². The van der Waals surface area contributed by atoms with Gasteiger partial charge in [-0.1, -0.05) is 42.0 Å². The molecule has 1 amide bonds. The highest BCUT2D eigenvalue weighted by molar-refractivity contribution is 6.05. The fraction of sp³-hybridized carbons (Fsp3) is 0.115. The van der Waals surface area contributed by atoms with E-state index in [-0.39, 0.29) is 17.0 Å². The number of hydrogen-bond donors (Lipinski definition) is 1. The zero-order chi connectivity index (χ0) is 22.7. The Labute approximate surface area is 185 Å². The van der Waals surface area contributed by atoms with E-state index in [2.05, 4.69) is 10.3 Å². The van der Waals surface area contributed by atoms with Crippen LogP contribution < -0.4 is 10.9 Å². The molecule has 0 aliphatic carbocycles. The number of nitrogens with zero attached hydrogens (tertiary/aromatic N) is 1. The number of fused-ring (bicyclic) bond motifs is 1. The van der Waals surface area contributed by atoms with Crippen LogP contribution in [0, 0.1) is 13.8 Å². The Morgan fingerprint density at radius 3 is 2.53 bits per heavy atom. The van der Waals surface area contributed by atoms with Crippen LogP contribution in [0.1, 0.15) is 31.8 Å². The summed E-state index contributed by atoms with van der Waals surface area (Å²) < 4.78 is 10.8. The quantitative estimate of drug-likeness (QED) is 0.448. The van der Waals surface area contributed by atoms with Crippen LogP contribution in [0.15, 0.2) is 82.2 Å². The monoisotopic (exact) mass is 426 g/mol. The van der Waals surface area contributed by atoms with E-state index in [1.165, 1.54) is 7.11 Å². The first-order valence-corrected chi connectivity index (χ1v) is 10.1. The molecule has 0 aliphatic heterocycles. The molecule has 0 bridgehead atoms. The largest absolute Gasteiger partial charge is 0.465 e. The lowest BCUT2D eigenvalue weighted by Gasteiger charge is -2.10. The Morgan fingerprint density at radius 1 is 0.938 bits per heavy atom. The van der Waals surface area contributed by atoms with Crippen LogP contribution in [0.2, 0.25) is 0 Å². The van der Waals surface area contributed by atoms with Gasteiger partial charge >= 0.3 is 5.97 Å². The first kappa shape index (κ1) is 21.1. The molecule has 6 heteroatoms. The average Bonchev–Trinajstić information content (AvgIpc) is 2.80. The lowest BCUT2D eigenvalue weighted by Crippen LogP contribution is -2.22. The second kappa shape index (κ2) is 8.89. The second-order valence-corrected chi connectivity index (χ2v) is 7.43. The van der Waals surface area contributed by atoms with Crippen molar-refractivity contribution in [2.24, 2.45) is 4.99 Å². The van der Waals surface area contributed by atoms with Crippen LogP contribution in [-0.2, 0) is 4.74 Å². The van der Waals surface area contributed by atoms with Crippen LogP contribution in [-0.4, -0.2) is 19.0 Å². The number of anilines is 1. The summed E-state index contributed by atoms with van der Waals surface area (Å²) in [7, 11) is 1.32. The normalized spacial score (nSPS) is 11.4. The molecule has 0 spiro atoms. The van der Waals surface area contributed by atoms with E-state index in [0.717, 1.165) is 16.5 Å². The number of carbonyl (C=O) groups is 2. The Hall–Kier alpha value is -4.19. The van der Waals surface area contributed by atoms with Gasteiger partial charge in [-0.05, 0) is 55.8 Å². The summed E-state index contributed by atoms with van der Waals surface area (Å²) in [6.07, 6.45) is 0. The number of methoxy groups -OCH3 is 1. The standard InChI is InChI=1S/C26H22N2O4/c1-16-11-12-22(17(2)13-16)28-24(29)21-15-18-7-4-5-10-23(18)32-25(21)27-20-9-6-8-19(14-20)26(30)31-3/h4-15H,1-3H3,(H,28,29). The lowest BCUT2D eigenvalue weighted by atomic mass is 10.1. The van der Waals surface area contributed by atoms with Crippen molar-refractivity contribution in [3.63, 3.8) is 0 Å². The molecule has 0 fully saturated rings. The molecule has 0 unspecified atom stereocenters. The predicted octanol–water partition coefficient (Wildman–Crippen LogP) is 5.32. The first-order valence-electron chi connectivity index (χ1n) is 10.1. The summed E-state index contributed by atoms with van der Waals surface area (Å²) in [5.41, 5.74) is 4.64. The minimum absolute atomic E-state index is 0.146. The molecule has 0 saturated carbocycles. The molecular weight excluding hydrogens is 404 g/mol. The zero-order valence-electron chi connectivity index (χ0n) is 18.0. The molecule has 160 valence electrons. The summed E-state index contributed by atoms with van der Waals surface area (Å²) in [5.74, 6) is -0.806. The maximum absolute atomic E-state index is 13.2. The third-order valence-electron chi connectivity index (χ3n) is 5.03. The number of aryl methyl sites for hydroxylation is 2. The van der Waals surface area contributed by atoms with Crippen molar-refractivity contribution < 1.29 is 18.7 Å². The van der Waals surface area contributed by atoms with E-state index in [0.29, 0.717) is 22.5 Å². The summed E-state index contributed by atoms with van der Waals surface area (Å²) in [4.78, 5) is 29.6. The van der Waals surface area contributed by atoms with Gasteiger partial charge in [0.1, 0.15) is 11.1 Å². The minimum Gasteiger partial charge on any atom is -0.465 e. The maximum Gasteiger partial charge on any atom is 0.337 e. The summed E-state index contributed by atoms with van der Waals surface area (Å²) in [6.45, 7) is 3.94. The molecule has 6 nitrogen and oxygen atoms in total. The van der Waals surface area contributed by atoms with Gasteiger partial charge in [0.15, 0.2) is 0 Å². The number of nitrogens with one attached hydrogen (secondary N) is 1. The van der Waals surface area contributed by atoms with Crippen molar-refractivity contribution in [3.8, 4) is 0 Å². The van der Waals surface area contributed by atoms with Crippen molar-refractivity contribution in [2.75, 3.05) is 12.4 Å². The van der Waals surface area contributed by atoms with Crippen molar-refractivity contribution in [1.29, 1.82) is 0 Å². The van der Waals surface area contributed by atoms with Gasteiger partial charge in [-0.25, -0.2) is 9.79 Å². The van der Waals surface area contributed by atoms with Gasteiger partial charge < -0.3 is 14.5 Å². The van der Waals surface area contributed by atoms with E-state index in [4.69, 9.17) is 9.15 Å². The smallest absolute Gasteiger partial charge is 0.337 e. The number of carbonyl (C=O) groups excluding carboxylic acids is 2. The number of hydrogen-bond acceptors (Lipinski definition) is 5. The van der Waals surface area contributed by atoms with E-state index in [1.807, 2.05) is 56.3 Å². The minimum atomic E-state index is -0.467. The number of para-hydroxylation sites is 1. The Balaban J connectivity index is 1.83. The zero-order valence-corrected chi connectivity index (χ0v) is 18.0. The van der Waals surface area contributed by atoms with E-state index < -0.39 is 5.97 Å². The summed E-state index contributed by atoms with van der Waals surface area (Å²) in [5, 5.41) is 3.73. The average molecular weight is 426 g/mol. The lowest BCUT2D eigenvalue weighted by molar-refractivity contribution is 0.0600. The van der Waals surface area contributed by atoms with Crippen molar-refractivity contribution in [1.82, 2.24) is 0 Å². The predicted molar refractivity (Wildman–Crippen MR) is 123 cm³/mol. The summed E-state index contributed by atoms with van der Waals surface area (Å²) >= 11 is 0. The Kier molecular flexibility index (Phi) is 5.85.